The minimum atomic E-state index is -0.975. The van der Waals surface area contributed by atoms with Crippen molar-refractivity contribution in [2.24, 2.45) is 0 Å². The fourth-order valence-corrected chi connectivity index (χ4v) is 2.20. The number of benzene rings is 2. The van der Waals surface area contributed by atoms with Gasteiger partial charge in [-0.3, -0.25) is 5.10 Å². The van der Waals surface area contributed by atoms with Crippen LogP contribution in [0, 0.1) is 0 Å². The highest BCUT2D eigenvalue weighted by Crippen LogP contribution is 2.14. The summed E-state index contributed by atoms with van der Waals surface area (Å²) in [4.78, 5) is 15.6. The summed E-state index contributed by atoms with van der Waals surface area (Å²) < 4.78 is 0. The number of aromatic carboxylic acids is 1. The number of H-pyrrole nitrogens is 1. The second-order valence-corrected chi connectivity index (χ2v) is 5.12. The maximum atomic E-state index is 10.9. The van der Waals surface area contributed by atoms with Crippen LogP contribution in [0.25, 0.3) is 0 Å². The number of carboxylic acids is 1. The number of anilines is 2. The molecule has 0 aliphatic heterocycles. The lowest BCUT2D eigenvalue weighted by atomic mass is 10.1. The van der Waals surface area contributed by atoms with Crippen LogP contribution in [-0.4, -0.2) is 31.1 Å². The predicted octanol–water partition coefficient (Wildman–Crippen LogP) is 3.01. The Bertz CT molecular complexity index is 844. The standard InChI is InChI=1S/C16H12N4O2S/c21-15(22)11-8-6-10(7-9-11)13(23)14-18-16(20-19-14)17-12-4-2-1-3-5-12/h1-9H,(H,21,22)(H2,17,18,19,20). The fourth-order valence-electron chi connectivity index (χ4n) is 1.97. The van der Waals surface area contributed by atoms with Crippen LogP contribution in [0.4, 0.5) is 11.6 Å². The second kappa shape index (κ2) is 6.37. The molecule has 7 heteroatoms. The van der Waals surface area contributed by atoms with Crippen molar-refractivity contribution in [3.05, 3.63) is 71.5 Å². The van der Waals surface area contributed by atoms with Crippen LogP contribution in [0.2, 0.25) is 0 Å². The third kappa shape index (κ3) is 3.41. The Morgan fingerprint density at radius 1 is 1.04 bits per heavy atom. The number of nitrogens with one attached hydrogen (secondary N) is 2. The zero-order valence-electron chi connectivity index (χ0n) is 11.9. The van der Waals surface area contributed by atoms with E-state index in [2.05, 4.69) is 20.5 Å². The summed E-state index contributed by atoms with van der Waals surface area (Å²) in [6, 6.07) is 15.8. The first kappa shape index (κ1) is 14.9. The number of aromatic amines is 1. The monoisotopic (exact) mass is 324 g/mol. The molecule has 0 saturated carbocycles. The molecule has 114 valence electrons. The molecule has 0 amide bonds. The molecule has 2 aromatic carbocycles. The number of nitrogens with zero attached hydrogens (tertiary/aromatic N) is 2. The Labute approximate surface area is 137 Å². The smallest absolute Gasteiger partial charge is 0.335 e. The highest BCUT2D eigenvalue weighted by Gasteiger charge is 2.11. The number of rotatable bonds is 5. The molecule has 3 rings (SSSR count). The number of hydrogen-bond donors (Lipinski definition) is 3. The lowest BCUT2D eigenvalue weighted by Gasteiger charge is -2.01. The van der Waals surface area contributed by atoms with Gasteiger partial charge in [0.1, 0.15) is 0 Å². The Kier molecular flexibility index (Phi) is 4.11. The Morgan fingerprint density at radius 3 is 2.35 bits per heavy atom. The van der Waals surface area contributed by atoms with Crippen molar-refractivity contribution in [2.45, 2.75) is 0 Å². The SMILES string of the molecule is O=C(O)c1ccc(C(=S)c2nc(Nc3ccccc3)n[nH]2)cc1. The molecule has 23 heavy (non-hydrogen) atoms. The first-order valence-corrected chi connectivity index (χ1v) is 7.17. The van der Waals surface area contributed by atoms with Crippen molar-refractivity contribution < 1.29 is 9.90 Å². The molecular formula is C16H12N4O2S. The molecule has 0 bridgehead atoms. The van der Waals surface area contributed by atoms with Crippen LogP contribution in [0.1, 0.15) is 21.7 Å². The predicted molar refractivity (Wildman–Crippen MR) is 90.3 cm³/mol. The average molecular weight is 324 g/mol. The van der Waals surface area contributed by atoms with Crippen molar-refractivity contribution >= 4 is 34.7 Å². The minimum absolute atomic E-state index is 0.209. The number of para-hydroxylation sites is 1. The van der Waals surface area contributed by atoms with Crippen LogP contribution in [-0.2, 0) is 0 Å². The molecule has 0 atom stereocenters. The van der Waals surface area contributed by atoms with E-state index in [0.717, 1.165) is 5.69 Å². The van der Waals surface area contributed by atoms with Crippen molar-refractivity contribution in [1.29, 1.82) is 0 Å². The van der Waals surface area contributed by atoms with E-state index < -0.39 is 5.97 Å². The molecule has 1 aromatic heterocycles. The lowest BCUT2D eigenvalue weighted by Crippen LogP contribution is -2.04. The van der Waals surface area contributed by atoms with Crippen molar-refractivity contribution in [3.63, 3.8) is 0 Å². The summed E-state index contributed by atoms with van der Waals surface area (Å²) in [6.45, 7) is 0. The molecule has 3 aromatic rings. The van der Waals surface area contributed by atoms with E-state index in [1.165, 1.54) is 12.1 Å². The maximum absolute atomic E-state index is 10.9. The van der Waals surface area contributed by atoms with Crippen LogP contribution in [0.15, 0.2) is 54.6 Å². The highest BCUT2D eigenvalue weighted by molar-refractivity contribution is 7.81. The van der Waals surface area contributed by atoms with Crippen LogP contribution < -0.4 is 5.32 Å². The summed E-state index contributed by atoms with van der Waals surface area (Å²) in [7, 11) is 0. The van der Waals surface area contributed by atoms with E-state index in [9.17, 15) is 4.79 Å². The van der Waals surface area contributed by atoms with E-state index in [0.29, 0.717) is 22.2 Å². The van der Waals surface area contributed by atoms with Gasteiger partial charge >= 0.3 is 5.97 Å². The first-order valence-electron chi connectivity index (χ1n) is 6.76. The van der Waals surface area contributed by atoms with E-state index in [1.54, 1.807) is 12.1 Å². The van der Waals surface area contributed by atoms with Gasteiger partial charge in [0.15, 0.2) is 5.82 Å². The van der Waals surface area contributed by atoms with Gasteiger partial charge in [-0.05, 0) is 29.8 Å². The molecule has 0 fully saturated rings. The van der Waals surface area contributed by atoms with Gasteiger partial charge in [0.25, 0.3) is 0 Å². The topological polar surface area (TPSA) is 90.9 Å². The minimum Gasteiger partial charge on any atom is -0.478 e. The van der Waals surface area contributed by atoms with E-state index in [1.807, 2.05) is 30.3 Å². The summed E-state index contributed by atoms with van der Waals surface area (Å²) in [5, 5.41) is 18.8. The van der Waals surface area contributed by atoms with Gasteiger partial charge in [-0.25, -0.2) is 4.79 Å². The molecule has 0 aliphatic carbocycles. The third-order valence-electron chi connectivity index (χ3n) is 3.12. The molecule has 0 radical (unpaired) electrons. The third-order valence-corrected chi connectivity index (χ3v) is 3.55. The molecule has 6 nitrogen and oxygen atoms in total. The number of carboxylic acid groups (broad SMARTS) is 1. The lowest BCUT2D eigenvalue weighted by molar-refractivity contribution is 0.0697. The summed E-state index contributed by atoms with van der Waals surface area (Å²) in [6.07, 6.45) is 0. The fraction of sp³-hybridized carbons (Fsp3) is 0. The molecule has 0 aliphatic rings. The Balaban J connectivity index is 1.77. The van der Waals surface area contributed by atoms with E-state index in [4.69, 9.17) is 17.3 Å². The van der Waals surface area contributed by atoms with Gasteiger partial charge in [0, 0.05) is 5.69 Å². The Hall–Kier alpha value is -3.06. The number of aromatic nitrogens is 3. The summed E-state index contributed by atoms with van der Waals surface area (Å²) in [5.41, 5.74) is 1.78. The van der Waals surface area contributed by atoms with E-state index in [-0.39, 0.29) is 5.56 Å². The van der Waals surface area contributed by atoms with Crippen molar-refractivity contribution in [1.82, 2.24) is 15.2 Å². The Morgan fingerprint density at radius 2 is 1.70 bits per heavy atom. The van der Waals surface area contributed by atoms with Gasteiger partial charge in [-0.15, -0.1) is 5.10 Å². The van der Waals surface area contributed by atoms with Crippen LogP contribution >= 0.6 is 12.2 Å². The molecule has 0 unspecified atom stereocenters. The molecular weight excluding hydrogens is 312 g/mol. The maximum Gasteiger partial charge on any atom is 0.335 e. The second-order valence-electron chi connectivity index (χ2n) is 4.71. The largest absolute Gasteiger partial charge is 0.478 e. The number of carbonyl (C=O) groups is 1. The molecule has 0 saturated heterocycles. The highest BCUT2D eigenvalue weighted by atomic mass is 32.1. The zero-order valence-corrected chi connectivity index (χ0v) is 12.7. The number of hydrogen-bond acceptors (Lipinski definition) is 5. The van der Waals surface area contributed by atoms with Gasteiger partial charge < -0.3 is 10.4 Å². The van der Waals surface area contributed by atoms with Crippen LogP contribution in [0.5, 0.6) is 0 Å². The van der Waals surface area contributed by atoms with Crippen molar-refractivity contribution in [3.8, 4) is 0 Å². The van der Waals surface area contributed by atoms with Crippen molar-refractivity contribution in [2.75, 3.05) is 5.32 Å². The molecule has 1 heterocycles. The average Bonchev–Trinajstić information content (AvgIpc) is 3.03. The van der Waals surface area contributed by atoms with Crippen LogP contribution in [0.3, 0.4) is 0 Å². The normalized spacial score (nSPS) is 10.3. The van der Waals surface area contributed by atoms with Gasteiger partial charge in [0.05, 0.1) is 10.4 Å². The summed E-state index contributed by atoms with van der Waals surface area (Å²) >= 11 is 5.36. The number of thiocarbonyl (C=S) groups is 1. The van der Waals surface area contributed by atoms with Gasteiger partial charge in [0.2, 0.25) is 5.95 Å². The zero-order chi connectivity index (χ0) is 16.2. The summed E-state index contributed by atoms with van der Waals surface area (Å²) in [5.74, 6) is -0.117. The van der Waals surface area contributed by atoms with Gasteiger partial charge in [-0.2, -0.15) is 4.98 Å². The first-order chi connectivity index (χ1) is 11.1. The molecule has 0 spiro atoms. The van der Waals surface area contributed by atoms with E-state index >= 15 is 0 Å². The quantitative estimate of drug-likeness (QED) is 0.494. The molecule has 3 N–H and O–H groups in total. The van der Waals surface area contributed by atoms with Gasteiger partial charge in [-0.1, -0.05) is 42.5 Å².